The van der Waals surface area contributed by atoms with Gasteiger partial charge < -0.3 is 5.73 Å². The standard InChI is InChI=1S/C11H20N2O2/c1-3-10(11(12)15)13-6-4-5-9(13)7-8(2)14/h9-10H,3-7H2,1-2H3,(H2,12,15). The number of carbonyl (C=O) groups excluding carboxylic acids is 2. The van der Waals surface area contributed by atoms with Gasteiger partial charge in [-0.25, -0.2) is 0 Å². The maximum Gasteiger partial charge on any atom is 0.234 e. The van der Waals surface area contributed by atoms with E-state index in [9.17, 15) is 9.59 Å². The minimum atomic E-state index is -0.270. The van der Waals surface area contributed by atoms with Crippen molar-refractivity contribution in [3.05, 3.63) is 0 Å². The predicted molar refractivity (Wildman–Crippen MR) is 58.3 cm³/mol. The molecule has 4 heteroatoms. The molecule has 1 aliphatic heterocycles. The summed E-state index contributed by atoms with van der Waals surface area (Å²) in [6.45, 7) is 4.44. The van der Waals surface area contributed by atoms with Gasteiger partial charge in [-0.3, -0.25) is 14.5 Å². The van der Waals surface area contributed by atoms with Gasteiger partial charge in [0.25, 0.3) is 0 Å². The first-order valence-corrected chi connectivity index (χ1v) is 5.60. The molecule has 4 nitrogen and oxygen atoms in total. The fraction of sp³-hybridized carbons (Fsp3) is 0.818. The summed E-state index contributed by atoms with van der Waals surface area (Å²) in [6, 6.07) is 0.0248. The van der Waals surface area contributed by atoms with E-state index in [0.29, 0.717) is 6.42 Å². The van der Waals surface area contributed by atoms with Crippen LogP contribution >= 0.6 is 0 Å². The third-order valence-corrected chi connectivity index (χ3v) is 3.06. The van der Waals surface area contributed by atoms with E-state index in [1.807, 2.05) is 6.92 Å². The number of nitrogens with zero attached hydrogens (tertiary/aromatic N) is 1. The van der Waals surface area contributed by atoms with Crippen LogP contribution in [0.15, 0.2) is 0 Å². The van der Waals surface area contributed by atoms with Crippen molar-refractivity contribution in [2.24, 2.45) is 5.73 Å². The Morgan fingerprint density at radius 1 is 1.53 bits per heavy atom. The van der Waals surface area contributed by atoms with E-state index in [-0.39, 0.29) is 23.8 Å². The molecule has 15 heavy (non-hydrogen) atoms. The van der Waals surface area contributed by atoms with Crippen molar-refractivity contribution in [2.45, 2.75) is 51.6 Å². The second-order valence-corrected chi connectivity index (χ2v) is 4.27. The summed E-state index contributed by atoms with van der Waals surface area (Å²) in [7, 11) is 0. The van der Waals surface area contributed by atoms with Gasteiger partial charge in [-0.1, -0.05) is 6.92 Å². The molecular weight excluding hydrogens is 192 g/mol. The van der Waals surface area contributed by atoms with Crippen LogP contribution in [0.1, 0.15) is 39.5 Å². The second-order valence-electron chi connectivity index (χ2n) is 4.27. The lowest BCUT2D eigenvalue weighted by Crippen LogP contribution is -2.47. The second kappa shape index (κ2) is 5.26. The van der Waals surface area contributed by atoms with Crippen LogP contribution in [-0.4, -0.2) is 35.2 Å². The van der Waals surface area contributed by atoms with Crippen LogP contribution < -0.4 is 5.73 Å². The van der Waals surface area contributed by atoms with Gasteiger partial charge in [0.15, 0.2) is 0 Å². The van der Waals surface area contributed by atoms with Gasteiger partial charge in [-0.05, 0) is 32.7 Å². The van der Waals surface area contributed by atoms with Crippen molar-refractivity contribution in [1.29, 1.82) is 0 Å². The number of likely N-dealkylation sites (tertiary alicyclic amines) is 1. The molecule has 0 spiro atoms. The Hall–Kier alpha value is -0.900. The molecule has 2 unspecified atom stereocenters. The van der Waals surface area contributed by atoms with Crippen molar-refractivity contribution in [1.82, 2.24) is 4.90 Å². The third kappa shape index (κ3) is 3.02. The molecule has 0 aromatic heterocycles. The molecule has 2 atom stereocenters. The summed E-state index contributed by atoms with van der Waals surface area (Å²) in [5.74, 6) is -0.0841. The monoisotopic (exact) mass is 212 g/mol. The Balaban J connectivity index is 2.65. The van der Waals surface area contributed by atoms with Gasteiger partial charge in [0.05, 0.1) is 6.04 Å². The first-order chi connectivity index (χ1) is 7.06. The lowest BCUT2D eigenvalue weighted by Gasteiger charge is -2.29. The van der Waals surface area contributed by atoms with Gasteiger partial charge in [0.1, 0.15) is 5.78 Å². The first kappa shape index (κ1) is 12.2. The maximum absolute atomic E-state index is 11.2. The quantitative estimate of drug-likeness (QED) is 0.729. The van der Waals surface area contributed by atoms with Crippen LogP contribution in [0.4, 0.5) is 0 Å². The molecule has 0 bridgehead atoms. The summed E-state index contributed by atoms with van der Waals surface area (Å²) < 4.78 is 0. The molecule has 1 amide bonds. The van der Waals surface area contributed by atoms with Crippen molar-refractivity contribution in [3.8, 4) is 0 Å². The Morgan fingerprint density at radius 2 is 2.20 bits per heavy atom. The molecule has 0 saturated carbocycles. The first-order valence-electron chi connectivity index (χ1n) is 5.60. The fourth-order valence-electron chi connectivity index (χ4n) is 2.42. The number of rotatable bonds is 5. The van der Waals surface area contributed by atoms with E-state index in [1.54, 1.807) is 6.92 Å². The number of hydrogen-bond donors (Lipinski definition) is 1. The zero-order valence-electron chi connectivity index (χ0n) is 9.53. The van der Waals surface area contributed by atoms with Crippen LogP contribution in [0.25, 0.3) is 0 Å². The van der Waals surface area contributed by atoms with Crippen molar-refractivity contribution >= 4 is 11.7 Å². The highest BCUT2D eigenvalue weighted by molar-refractivity contribution is 5.80. The number of hydrogen-bond acceptors (Lipinski definition) is 3. The molecule has 1 saturated heterocycles. The zero-order valence-corrected chi connectivity index (χ0v) is 9.53. The summed E-state index contributed by atoms with van der Waals surface area (Å²) in [6.07, 6.45) is 3.33. The molecule has 1 heterocycles. The molecule has 0 aromatic carbocycles. The molecule has 2 N–H and O–H groups in total. The molecule has 1 rings (SSSR count). The van der Waals surface area contributed by atoms with Crippen LogP contribution in [0.2, 0.25) is 0 Å². The predicted octanol–water partition coefficient (Wildman–Crippen LogP) is 0.694. The van der Waals surface area contributed by atoms with Gasteiger partial charge in [-0.15, -0.1) is 0 Å². The number of carbonyl (C=O) groups is 2. The zero-order chi connectivity index (χ0) is 11.4. The summed E-state index contributed by atoms with van der Waals surface area (Å²) in [5, 5.41) is 0. The molecule has 1 fully saturated rings. The van der Waals surface area contributed by atoms with Crippen molar-refractivity contribution in [3.63, 3.8) is 0 Å². The van der Waals surface area contributed by atoms with Crippen molar-refractivity contribution in [2.75, 3.05) is 6.54 Å². The minimum Gasteiger partial charge on any atom is -0.368 e. The van der Waals surface area contributed by atoms with Crippen LogP contribution in [0, 0.1) is 0 Å². The highest BCUT2D eigenvalue weighted by Crippen LogP contribution is 2.24. The highest BCUT2D eigenvalue weighted by atomic mass is 16.1. The lowest BCUT2D eigenvalue weighted by molar-refractivity contribution is -0.125. The largest absolute Gasteiger partial charge is 0.368 e. The molecule has 0 aliphatic carbocycles. The number of Topliss-reactive ketones (excluding diaryl/α,β-unsaturated/α-hetero) is 1. The SMILES string of the molecule is CCC(C(N)=O)N1CCCC1CC(C)=O. The Morgan fingerprint density at radius 3 is 2.67 bits per heavy atom. The van der Waals surface area contributed by atoms with E-state index in [0.717, 1.165) is 25.8 Å². The number of amides is 1. The summed E-state index contributed by atoms with van der Waals surface area (Å²) >= 11 is 0. The van der Waals surface area contributed by atoms with Gasteiger partial charge in [-0.2, -0.15) is 0 Å². The Kier molecular flexibility index (Phi) is 4.27. The highest BCUT2D eigenvalue weighted by Gasteiger charge is 2.32. The average Bonchev–Trinajstić information content (AvgIpc) is 2.53. The molecule has 0 radical (unpaired) electrons. The minimum absolute atomic E-state index is 0.186. The Bertz CT molecular complexity index is 253. The molecule has 0 aromatic rings. The van der Waals surface area contributed by atoms with Crippen LogP contribution in [0.5, 0.6) is 0 Å². The Labute approximate surface area is 90.8 Å². The van der Waals surface area contributed by atoms with Crippen LogP contribution in [-0.2, 0) is 9.59 Å². The fourth-order valence-corrected chi connectivity index (χ4v) is 2.42. The molecular formula is C11H20N2O2. The van der Waals surface area contributed by atoms with Gasteiger partial charge in [0, 0.05) is 12.5 Å². The van der Waals surface area contributed by atoms with Gasteiger partial charge in [0.2, 0.25) is 5.91 Å². The van der Waals surface area contributed by atoms with E-state index in [1.165, 1.54) is 0 Å². The van der Waals surface area contributed by atoms with E-state index >= 15 is 0 Å². The van der Waals surface area contributed by atoms with E-state index in [2.05, 4.69) is 4.90 Å². The van der Waals surface area contributed by atoms with E-state index < -0.39 is 0 Å². The smallest absolute Gasteiger partial charge is 0.234 e. The van der Waals surface area contributed by atoms with Gasteiger partial charge >= 0.3 is 0 Å². The molecule has 86 valence electrons. The molecule has 1 aliphatic rings. The maximum atomic E-state index is 11.2. The topological polar surface area (TPSA) is 63.4 Å². The van der Waals surface area contributed by atoms with Crippen LogP contribution in [0.3, 0.4) is 0 Å². The number of ketones is 1. The number of nitrogens with two attached hydrogens (primary N) is 1. The van der Waals surface area contributed by atoms with Crippen molar-refractivity contribution < 1.29 is 9.59 Å². The third-order valence-electron chi connectivity index (χ3n) is 3.06. The number of primary amides is 1. The summed E-state index contributed by atoms with van der Waals surface area (Å²) in [5.41, 5.74) is 5.35. The summed E-state index contributed by atoms with van der Waals surface area (Å²) in [4.78, 5) is 24.4. The lowest BCUT2D eigenvalue weighted by atomic mass is 10.1. The van der Waals surface area contributed by atoms with E-state index in [4.69, 9.17) is 5.73 Å². The normalized spacial score (nSPS) is 24.0. The average molecular weight is 212 g/mol.